The lowest BCUT2D eigenvalue weighted by atomic mass is 9.94. The zero-order chi connectivity index (χ0) is 24.7. The van der Waals surface area contributed by atoms with Gasteiger partial charge < -0.3 is 21.7 Å². The van der Waals surface area contributed by atoms with Gasteiger partial charge in [0.2, 0.25) is 15.9 Å². The molecule has 0 radical (unpaired) electrons. The number of likely N-dealkylation sites (tertiary alicyclic amines) is 1. The fourth-order valence-electron chi connectivity index (χ4n) is 4.70. The summed E-state index contributed by atoms with van der Waals surface area (Å²) in [6, 6.07) is 4.40. The first-order valence-electron chi connectivity index (χ1n) is 12.0. The number of anilines is 1. The molecule has 34 heavy (non-hydrogen) atoms. The molecule has 0 saturated carbocycles. The smallest absolute Gasteiger partial charge is 0.243 e. The highest BCUT2D eigenvalue weighted by Crippen LogP contribution is 2.31. The Morgan fingerprint density at radius 3 is 2.74 bits per heavy atom. The number of benzene rings is 1. The minimum Gasteiger partial charge on any atom is -0.383 e. The predicted octanol–water partition coefficient (Wildman–Crippen LogP) is 1.86. The van der Waals surface area contributed by atoms with E-state index in [1.807, 2.05) is 6.07 Å². The molecule has 3 rings (SSSR count). The molecule has 1 unspecified atom stereocenters. The summed E-state index contributed by atoms with van der Waals surface area (Å²) in [5, 5.41) is 3.26. The van der Waals surface area contributed by atoms with Crippen LogP contribution in [-0.2, 0) is 21.2 Å². The highest BCUT2D eigenvalue weighted by Gasteiger charge is 2.33. The summed E-state index contributed by atoms with van der Waals surface area (Å²) >= 11 is 5.88. The number of fused-ring (bicyclic) bond motifs is 1. The molecule has 1 aromatic rings. The van der Waals surface area contributed by atoms with Gasteiger partial charge in [-0.2, -0.15) is 4.72 Å². The van der Waals surface area contributed by atoms with Gasteiger partial charge in [-0.05, 0) is 62.0 Å². The Morgan fingerprint density at radius 1 is 1.32 bits per heavy atom. The van der Waals surface area contributed by atoms with Crippen molar-refractivity contribution in [3.63, 3.8) is 0 Å². The molecule has 11 heteroatoms. The number of piperidine rings is 1. The van der Waals surface area contributed by atoms with Crippen LogP contribution in [0.1, 0.15) is 44.6 Å². The number of nitrogens with zero attached hydrogens (tertiary/aromatic N) is 2. The Morgan fingerprint density at radius 2 is 2.06 bits per heavy atom. The van der Waals surface area contributed by atoms with Gasteiger partial charge in [-0.1, -0.05) is 19.1 Å². The number of nitrogens with two attached hydrogens (primary N) is 2. The van der Waals surface area contributed by atoms with Gasteiger partial charge >= 0.3 is 0 Å². The Hall–Kier alpha value is -2.04. The third kappa shape index (κ3) is 6.99. The van der Waals surface area contributed by atoms with E-state index in [1.54, 1.807) is 17.0 Å². The van der Waals surface area contributed by atoms with Crippen molar-refractivity contribution in [2.75, 3.05) is 37.4 Å². The summed E-state index contributed by atoms with van der Waals surface area (Å²) in [6.07, 6.45) is 4.27. The number of halogens is 1. The zero-order valence-electron chi connectivity index (χ0n) is 19.8. The number of guanidine groups is 1. The van der Waals surface area contributed by atoms with Crippen molar-refractivity contribution in [1.29, 1.82) is 0 Å². The summed E-state index contributed by atoms with van der Waals surface area (Å²) in [7, 11) is -3.94. The first-order valence-corrected chi connectivity index (χ1v) is 14.0. The molecular formula is C23H37ClN6O3S. The van der Waals surface area contributed by atoms with E-state index in [4.69, 9.17) is 23.1 Å². The molecule has 2 aliphatic rings. The van der Waals surface area contributed by atoms with E-state index < -0.39 is 16.1 Å². The van der Waals surface area contributed by atoms with Crippen LogP contribution in [0, 0.1) is 11.8 Å². The van der Waals surface area contributed by atoms with Crippen LogP contribution < -0.4 is 21.5 Å². The van der Waals surface area contributed by atoms with E-state index in [1.165, 1.54) is 0 Å². The fourth-order valence-corrected chi connectivity index (χ4v) is 6.46. The molecule has 2 atom stereocenters. The number of amides is 1. The van der Waals surface area contributed by atoms with Crippen LogP contribution in [0.15, 0.2) is 28.1 Å². The summed E-state index contributed by atoms with van der Waals surface area (Å²) in [4.78, 5) is 19.3. The Kier molecular flexibility index (Phi) is 9.44. The molecule has 0 spiro atoms. The summed E-state index contributed by atoms with van der Waals surface area (Å²) in [5.41, 5.74) is 12.4. The summed E-state index contributed by atoms with van der Waals surface area (Å²) < 4.78 is 29.6. The SMILES string of the molecule is CC1CNc2c(cccc2S(=O)(=O)N[C@@H](CCCN=C(N)N)C(=O)N2CCC(CCCl)CC2)C1. The van der Waals surface area contributed by atoms with E-state index in [-0.39, 0.29) is 16.8 Å². The third-order valence-electron chi connectivity index (χ3n) is 6.58. The van der Waals surface area contributed by atoms with Crippen molar-refractivity contribution < 1.29 is 13.2 Å². The molecule has 0 aromatic heterocycles. The number of carbonyl (C=O) groups excluding carboxylic acids is 1. The van der Waals surface area contributed by atoms with Crippen molar-refractivity contribution in [2.24, 2.45) is 28.3 Å². The monoisotopic (exact) mass is 512 g/mol. The van der Waals surface area contributed by atoms with Gasteiger partial charge in [0, 0.05) is 32.1 Å². The highest BCUT2D eigenvalue weighted by molar-refractivity contribution is 7.89. The number of nitrogens with one attached hydrogen (secondary N) is 2. The van der Waals surface area contributed by atoms with E-state index in [0.29, 0.717) is 62.4 Å². The van der Waals surface area contributed by atoms with Crippen LogP contribution in [-0.4, -0.2) is 63.3 Å². The number of sulfonamides is 1. The van der Waals surface area contributed by atoms with Crippen LogP contribution in [0.2, 0.25) is 0 Å². The highest BCUT2D eigenvalue weighted by atomic mass is 35.5. The number of carbonyl (C=O) groups is 1. The Balaban J connectivity index is 1.77. The van der Waals surface area contributed by atoms with Gasteiger partial charge in [-0.15, -0.1) is 11.6 Å². The molecule has 1 amide bonds. The minimum absolute atomic E-state index is 0.0268. The van der Waals surface area contributed by atoms with Crippen molar-refractivity contribution in [2.45, 2.75) is 56.4 Å². The molecule has 9 nitrogen and oxygen atoms in total. The van der Waals surface area contributed by atoms with E-state index in [0.717, 1.165) is 31.2 Å². The second-order valence-corrected chi connectivity index (χ2v) is 11.4. The van der Waals surface area contributed by atoms with Gasteiger partial charge in [0.1, 0.15) is 10.9 Å². The average molecular weight is 513 g/mol. The first-order chi connectivity index (χ1) is 16.2. The largest absolute Gasteiger partial charge is 0.383 e. The second kappa shape index (κ2) is 12.1. The van der Waals surface area contributed by atoms with Gasteiger partial charge in [0.15, 0.2) is 5.96 Å². The molecule has 190 valence electrons. The summed E-state index contributed by atoms with van der Waals surface area (Å²) in [5.74, 6) is 1.30. The third-order valence-corrected chi connectivity index (χ3v) is 8.31. The standard InChI is InChI=1S/C23H37ClN6O3S/c1-16-14-18-4-2-6-20(21(18)28-15-16)34(32,33)29-19(5-3-11-27-23(25)26)22(31)30-12-8-17(7-10-24)9-13-30/h2,4,6,16-17,19,28-29H,3,5,7-15H2,1H3,(H4,25,26,27)/t16?,19-/m0/s1. The minimum atomic E-state index is -3.94. The quantitative estimate of drug-likeness (QED) is 0.163. The van der Waals surface area contributed by atoms with Gasteiger partial charge in [0.25, 0.3) is 0 Å². The predicted molar refractivity (Wildman–Crippen MR) is 136 cm³/mol. The van der Waals surface area contributed by atoms with Crippen molar-refractivity contribution in [3.8, 4) is 0 Å². The van der Waals surface area contributed by atoms with Gasteiger partial charge in [0.05, 0.1) is 5.69 Å². The van der Waals surface area contributed by atoms with E-state index in [9.17, 15) is 13.2 Å². The average Bonchev–Trinajstić information content (AvgIpc) is 2.80. The first kappa shape index (κ1) is 26.6. The lowest BCUT2D eigenvalue weighted by molar-refractivity contribution is -0.134. The van der Waals surface area contributed by atoms with E-state index >= 15 is 0 Å². The lowest BCUT2D eigenvalue weighted by Crippen LogP contribution is -2.50. The molecule has 0 aliphatic carbocycles. The molecule has 1 aromatic carbocycles. The maximum atomic E-state index is 13.5. The van der Waals surface area contributed by atoms with Crippen LogP contribution in [0.4, 0.5) is 5.69 Å². The number of rotatable bonds is 10. The number of hydrogen-bond acceptors (Lipinski definition) is 5. The van der Waals surface area contributed by atoms with Crippen molar-refractivity contribution >= 4 is 39.2 Å². The Bertz CT molecular complexity index is 975. The number of hydrogen-bond donors (Lipinski definition) is 4. The van der Waals surface area contributed by atoms with Crippen LogP contribution in [0.5, 0.6) is 0 Å². The van der Waals surface area contributed by atoms with Crippen LogP contribution in [0.25, 0.3) is 0 Å². The van der Waals surface area contributed by atoms with Gasteiger partial charge in [-0.25, -0.2) is 8.42 Å². The van der Waals surface area contributed by atoms with Crippen molar-refractivity contribution in [3.05, 3.63) is 23.8 Å². The van der Waals surface area contributed by atoms with Crippen LogP contribution in [0.3, 0.4) is 0 Å². The van der Waals surface area contributed by atoms with Crippen LogP contribution >= 0.6 is 11.6 Å². The number of para-hydroxylation sites is 1. The molecule has 2 heterocycles. The van der Waals surface area contributed by atoms with Crippen molar-refractivity contribution in [1.82, 2.24) is 9.62 Å². The fraction of sp³-hybridized carbons (Fsp3) is 0.652. The molecule has 0 bridgehead atoms. The maximum Gasteiger partial charge on any atom is 0.243 e. The molecule has 2 aliphatic heterocycles. The zero-order valence-corrected chi connectivity index (χ0v) is 21.4. The second-order valence-electron chi connectivity index (χ2n) is 9.35. The maximum absolute atomic E-state index is 13.5. The number of alkyl halides is 1. The molecule has 1 saturated heterocycles. The number of aliphatic imine (C=N–C) groups is 1. The molecule has 6 N–H and O–H groups in total. The molecular weight excluding hydrogens is 476 g/mol. The lowest BCUT2D eigenvalue weighted by Gasteiger charge is -2.34. The molecule has 1 fully saturated rings. The summed E-state index contributed by atoms with van der Waals surface area (Å²) in [6.45, 7) is 4.36. The van der Waals surface area contributed by atoms with E-state index in [2.05, 4.69) is 22.0 Å². The van der Waals surface area contributed by atoms with Gasteiger partial charge in [-0.3, -0.25) is 9.79 Å². The normalized spacial score (nSPS) is 19.7. The topological polar surface area (TPSA) is 143 Å². The Labute approximate surface area is 207 Å².